The number of anilines is 1. The van der Waals surface area contributed by atoms with Crippen molar-refractivity contribution in [3.05, 3.63) is 40.9 Å². The molecule has 0 spiro atoms. The van der Waals surface area contributed by atoms with Crippen LogP contribution in [0.15, 0.2) is 29.8 Å². The molecule has 24 heavy (non-hydrogen) atoms. The van der Waals surface area contributed by atoms with Crippen LogP contribution >= 0.6 is 11.3 Å². The molecule has 0 radical (unpaired) electrons. The maximum atomic E-state index is 13.1. The highest BCUT2D eigenvalue weighted by Gasteiger charge is 2.48. The second-order valence-electron chi connectivity index (χ2n) is 7.13. The van der Waals surface area contributed by atoms with Crippen LogP contribution in [0.4, 0.5) is 5.13 Å². The standard InChI is InChI=1S/C19H24N2O2S/c1-12(2)9-16-15-10-14(23-4)6-5-13(15)11-19(16,3)17(22)21-18-20-7-8-24-18/h5-8,10,12,16H,9,11H2,1-4H3,(H,20,21,22). The largest absolute Gasteiger partial charge is 0.497 e. The van der Waals surface area contributed by atoms with Gasteiger partial charge in [0.05, 0.1) is 12.5 Å². The van der Waals surface area contributed by atoms with Crippen molar-refractivity contribution in [2.24, 2.45) is 11.3 Å². The highest BCUT2D eigenvalue weighted by Crippen LogP contribution is 2.51. The molecule has 3 rings (SSSR count). The number of benzene rings is 1. The van der Waals surface area contributed by atoms with E-state index >= 15 is 0 Å². The summed E-state index contributed by atoms with van der Waals surface area (Å²) < 4.78 is 5.40. The molecule has 2 atom stereocenters. The van der Waals surface area contributed by atoms with Crippen LogP contribution in [0.25, 0.3) is 0 Å². The second-order valence-corrected chi connectivity index (χ2v) is 8.03. The van der Waals surface area contributed by atoms with Gasteiger partial charge in [0.15, 0.2) is 5.13 Å². The third-order valence-corrected chi connectivity index (χ3v) is 5.62. The molecule has 0 fully saturated rings. The molecule has 5 heteroatoms. The van der Waals surface area contributed by atoms with E-state index in [0.717, 1.165) is 18.6 Å². The molecule has 2 aromatic rings. The van der Waals surface area contributed by atoms with Gasteiger partial charge in [0.1, 0.15) is 5.75 Å². The number of amides is 1. The van der Waals surface area contributed by atoms with Crippen LogP contribution in [0.5, 0.6) is 5.75 Å². The summed E-state index contributed by atoms with van der Waals surface area (Å²) in [6.45, 7) is 6.49. The summed E-state index contributed by atoms with van der Waals surface area (Å²) in [5.74, 6) is 1.60. The summed E-state index contributed by atoms with van der Waals surface area (Å²) in [5, 5.41) is 5.55. The van der Waals surface area contributed by atoms with Gasteiger partial charge in [-0.3, -0.25) is 4.79 Å². The molecule has 0 saturated carbocycles. The third kappa shape index (κ3) is 3.05. The van der Waals surface area contributed by atoms with E-state index in [1.54, 1.807) is 13.3 Å². The molecule has 1 aromatic heterocycles. The maximum Gasteiger partial charge on any atom is 0.233 e. The number of fused-ring (bicyclic) bond motifs is 1. The lowest BCUT2D eigenvalue weighted by Gasteiger charge is -2.31. The number of carbonyl (C=O) groups excluding carboxylic acids is 1. The van der Waals surface area contributed by atoms with E-state index in [-0.39, 0.29) is 11.8 Å². The Bertz CT molecular complexity index is 727. The van der Waals surface area contributed by atoms with Crippen molar-refractivity contribution in [2.75, 3.05) is 12.4 Å². The fraction of sp³-hybridized carbons (Fsp3) is 0.474. The van der Waals surface area contributed by atoms with E-state index in [9.17, 15) is 4.79 Å². The predicted molar refractivity (Wildman–Crippen MR) is 97.7 cm³/mol. The molecular formula is C19H24N2O2S. The van der Waals surface area contributed by atoms with E-state index in [4.69, 9.17) is 4.74 Å². The molecule has 1 aliphatic rings. The number of ether oxygens (including phenoxy) is 1. The Morgan fingerprint density at radius 3 is 2.92 bits per heavy atom. The third-order valence-electron chi connectivity index (χ3n) is 4.93. The molecule has 2 unspecified atom stereocenters. The van der Waals surface area contributed by atoms with Gasteiger partial charge in [-0.25, -0.2) is 4.98 Å². The lowest BCUT2D eigenvalue weighted by molar-refractivity contribution is -0.125. The molecule has 1 aliphatic carbocycles. The monoisotopic (exact) mass is 344 g/mol. The summed E-state index contributed by atoms with van der Waals surface area (Å²) in [6, 6.07) is 6.18. The van der Waals surface area contributed by atoms with Crippen LogP contribution in [0.1, 0.15) is 44.2 Å². The van der Waals surface area contributed by atoms with E-state index < -0.39 is 5.41 Å². The molecule has 1 heterocycles. The fourth-order valence-electron chi connectivity index (χ4n) is 3.67. The fourth-order valence-corrected chi connectivity index (χ4v) is 4.19. The Labute approximate surface area is 147 Å². The Balaban J connectivity index is 1.95. The van der Waals surface area contributed by atoms with Gasteiger partial charge >= 0.3 is 0 Å². The second kappa shape index (κ2) is 6.55. The van der Waals surface area contributed by atoms with Crippen molar-refractivity contribution in [1.82, 2.24) is 4.98 Å². The molecule has 128 valence electrons. The zero-order chi connectivity index (χ0) is 17.3. The first-order valence-electron chi connectivity index (χ1n) is 8.32. The minimum atomic E-state index is -0.468. The Morgan fingerprint density at radius 1 is 1.50 bits per heavy atom. The average molecular weight is 344 g/mol. The topological polar surface area (TPSA) is 51.2 Å². The van der Waals surface area contributed by atoms with E-state index in [1.165, 1.54) is 22.5 Å². The molecule has 1 aromatic carbocycles. The first kappa shape index (κ1) is 17.0. The number of nitrogens with one attached hydrogen (secondary N) is 1. The minimum absolute atomic E-state index is 0.0540. The van der Waals surface area contributed by atoms with Gasteiger partial charge in [-0.05, 0) is 54.9 Å². The summed E-state index contributed by atoms with van der Waals surface area (Å²) in [4.78, 5) is 17.3. The highest BCUT2D eigenvalue weighted by atomic mass is 32.1. The lowest BCUT2D eigenvalue weighted by Crippen LogP contribution is -2.37. The number of hydrogen-bond donors (Lipinski definition) is 1. The molecule has 1 amide bonds. The Morgan fingerprint density at radius 2 is 2.29 bits per heavy atom. The number of hydrogen-bond acceptors (Lipinski definition) is 4. The molecule has 0 saturated heterocycles. The van der Waals surface area contributed by atoms with Crippen molar-refractivity contribution in [1.29, 1.82) is 0 Å². The summed E-state index contributed by atoms with van der Waals surface area (Å²) in [7, 11) is 1.68. The van der Waals surface area contributed by atoms with Gasteiger partial charge in [-0.2, -0.15) is 0 Å². The average Bonchev–Trinajstić information content (AvgIpc) is 3.14. The predicted octanol–water partition coefficient (Wildman–Crippen LogP) is 4.48. The van der Waals surface area contributed by atoms with Gasteiger partial charge in [0.25, 0.3) is 0 Å². The van der Waals surface area contributed by atoms with Gasteiger partial charge in [-0.1, -0.05) is 19.9 Å². The number of rotatable bonds is 5. The number of nitrogens with zero attached hydrogens (tertiary/aromatic N) is 1. The quantitative estimate of drug-likeness (QED) is 0.870. The molecule has 0 bridgehead atoms. The number of carbonyl (C=O) groups is 1. The van der Waals surface area contributed by atoms with Crippen LogP contribution < -0.4 is 10.1 Å². The molecule has 1 N–H and O–H groups in total. The van der Waals surface area contributed by atoms with Crippen molar-refractivity contribution in [3.8, 4) is 5.75 Å². The molecular weight excluding hydrogens is 320 g/mol. The van der Waals surface area contributed by atoms with Crippen LogP contribution in [0.2, 0.25) is 0 Å². The van der Waals surface area contributed by atoms with Crippen molar-refractivity contribution in [3.63, 3.8) is 0 Å². The smallest absolute Gasteiger partial charge is 0.233 e. The van der Waals surface area contributed by atoms with Crippen molar-refractivity contribution < 1.29 is 9.53 Å². The minimum Gasteiger partial charge on any atom is -0.497 e. The van der Waals surface area contributed by atoms with Gasteiger partial charge in [0.2, 0.25) is 5.91 Å². The molecule has 0 aliphatic heterocycles. The lowest BCUT2D eigenvalue weighted by atomic mass is 9.73. The zero-order valence-corrected chi connectivity index (χ0v) is 15.4. The number of aromatic nitrogens is 1. The first-order chi connectivity index (χ1) is 11.4. The Kier molecular flexibility index (Phi) is 4.63. The summed E-state index contributed by atoms with van der Waals surface area (Å²) >= 11 is 1.45. The van der Waals surface area contributed by atoms with Crippen LogP contribution in [-0.2, 0) is 11.2 Å². The van der Waals surface area contributed by atoms with Crippen molar-refractivity contribution >= 4 is 22.4 Å². The Hall–Kier alpha value is -1.88. The SMILES string of the molecule is COc1ccc2c(c1)C(CC(C)C)C(C)(C(=O)Nc1nccs1)C2. The van der Waals surface area contributed by atoms with E-state index in [2.05, 4.69) is 43.2 Å². The highest BCUT2D eigenvalue weighted by molar-refractivity contribution is 7.13. The zero-order valence-electron chi connectivity index (χ0n) is 14.6. The molecule has 4 nitrogen and oxygen atoms in total. The number of thiazole rings is 1. The first-order valence-corrected chi connectivity index (χ1v) is 9.19. The number of methoxy groups -OCH3 is 1. The van der Waals surface area contributed by atoms with Gasteiger partial charge < -0.3 is 10.1 Å². The van der Waals surface area contributed by atoms with Gasteiger partial charge in [-0.15, -0.1) is 11.3 Å². The van der Waals surface area contributed by atoms with E-state index in [1.807, 2.05) is 11.4 Å². The van der Waals surface area contributed by atoms with Crippen LogP contribution in [0, 0.1) is 11.3 Å². The van der Waals surface area contributed by atoms with Gasteiger partial charge in [0, 0.05) is 11.6 Å². The summed E-state index contributed by atoms with van der Waals surface area (Å²) in [5.41, 5.74) is 2.03. The maximum absolute atomic E-state index is 13.1. The van der Waals surface area contributed by atoms with Crippen molar-refractivity contribution in [2.45, 2.75) is 39.5 Å². The summed E-state index contributed by atoms with van der Waals surface area (Å²) in [6.07, 6.45) is 3.44. The van der Waals surface area contributed by atoms with E-state index in [0.29, 0.717) is 11.0 Å². The normalized spacial score (nSPS) is 22.5. The van der Waals surface area contributed by atoms with Crippen LogP contribution in [-0.4, -0.2) is 18.0 Å². The van der Waals surface area contributed by atoms with Crippen LogP contribution in [0.3, 0.4) is 0 Å².